The molecule has 1 heterocycles. The van der Waals surface area contributed by atoms with Crippen LogP contribution in [0.2, 0.25) is 5.02 Å². The molecule has 6 nitrogen and oxygen atoms in total. The number of fused-ring (bicyclic) bond motifs is 1. The largest absolute Gasteiger partial charge is 0.496 e. The zero-order valence-electron chi connectivity index (χ0n) is 15.6. The van der Waals surface area contributed by atoms with E-state index in [-0.39, 0.29) is 19.3 Å². The van der Waals surface area contributed by atoms with Gasteiger partial charge in [-0.2, -0.15) is 0 Å². The van der Waals surface area contributed by atoms with Gasteiger partial charge in [-0.25, -0.2) is 0 Å². The maximum Gasteiger partial charge on any atom is 0.255 e. The average Bonchev–Trinajstić information content (AvgIpc) is 3.21. The highest BCUT2D eigenvalue weighted by Gasteiger charge is 2.16. The zero-order valence-corrected chi connectivity index (χ0v) is 16.4. The van der Waals surface area contributed by atoms with Gasteiger partial charge in [-0.1, -0.05) is 23.7 Å². The van der Waals surface area contributed by atoms with Gasteiger partial charge in [-0.3, -0.25) is 4.79 Å². The van der Waals surface area contributed by atoms with Crippen molar-refractivity contribution < 1.29 is 23.7 Å². The molecule has 0 radical (unpaired) electrons. The third-order valence-electron chi connectivity index (χ3n) is 4.39. The fraction of sp³-hybridized carbons (Fsp3) is 0.136. The molecule has 4 rings (SSSR count). The maximum atomic E-state index is 12.7. The van der Waals surface area contributed by atoms with E-state index in [1.54, 1.807) is 55.6 Å². The summed E-state index contributed by atoms with van der Waals surface area (Å²) in [5.41, 5.74) is 1.82. The molecule has 1 N–H and O–H groups in total. The first-order valence-electron chi connectivity index (χ1n) is 8.89. The Hall–Kier alpha value is -3.38. The number of para-hydroxylation sites is 1. The second-order valence-electron chi connectivity index (χ2n) is 6.27. The summed E-state index contributed by atoms with van der Waals surface area (Å²) in [6, 6.07) is 17.6. The Morgan fingerprint density at radius 2 is 1.86 bits per heavy atom. The lowest BCUT2D eigenvalue weighted by Gasteiger charge is -2.13. The SMILES string of the molecule is COc1ccc(C(=O)Nc2ccc3c(c2)OCO3)cc1COc1ccccc1Cl. The number of ether oxygens (including phenoxy) is 4. The first-order chi connectivity index (χ1) is 14.1. The van der Waals surface area contributed by atoms with E-state index >= 15 is 0 Å². The van der Waals surface area contributed by atoms with E-state index in [0.717, 1.165) is 5.56 Å². The third kappa shape index (κ3) is 4.22. The molecule has 148 valence electrons. The number of nitrogens with one attached hydrogen (secondary N) is 1. The Bertz CT molecular complexity index is 1050. The number of methoxy groups -OCH3 is 1. The lowest BCUT2D eigenvalue weighted by atomic mass is 10.1. The number of halogens is 1. The van der Waals surface area contributed by atoms with Crippen LogP contribution in [0.25, 0.3) is 0 Å². The lowest BCUT2D eigenvalue weighted by molar-refractivity contribution is 0.102. The molecule has 0 aliphatic carbocycles. The van der Waals surface area contributed by atoms with Gasteiger partial charge in [0, 0.05) is 22.9 Å². The number of hydrogen-bond acceptors (Lipinski definition) is 5. The number of anilines is 1. The van der Waals surface area contributed by atoms with Crippen molar-refractivity contribution in [1.82, 2.24) is 0 Å². The fourth-order valence-corrected chi connectivity index (χ4v) is 3.12. The Labute approximate surface area is 172 Å². The van der Waals surface area contributed by atoms with Crippen LogP contribution in [0.1, 0.15) is 15.9 Å². The summed E-state index contributed by atoms with van der Waals surface area (Å²) in [6.07, 6.45) is 0. The van der Waals surface area contributed by atoms with Crippen molar-refractivity contribution in [2.75, 3.05) is 19.2 Å². The van der Waals surface area contributed by atoms with E-state index in [2.05, 4.69) is 5.32 Å². The van der Waals surface area contributed by atoms with E-state index < -0.39 is 0 Å². The van der Waals surface area contributed by atoms with Crippen LogP contribution in [-0.2, 0) is 6.61 Å². The Balaban J connectivity index is 1.51. The number of amides is 1. The molecular weight excluding hydrogens is 394 g/mol. The van der Waals surface area contributed by atoms with Gasteiger partial charge in [0.1, 0.15) is 18.1 Å². The normalized spacial score (nSPS) is 11.8. The summed E-state index contributed by atoms with van der Waals surface area (Å²) in [4.78, 5) is 12.7. The van der Waals surface area contributed by atoms with Gasteiger partial charge in [0.05, 0.1) is 12.1 Å². The molecule has 29 heavy (non-hydrogen) atoms. The molecule has 0 bridgehead atoms. The molecule has 0 saturated carbocycles. The highest BCUT2D eigenvalue weighted by Crippen LogP contribution is 2.34. The summed E-state index contributed by atoms with van der Waals surface area (Å²) in [5, 5.41) is 3.38. The molecule has 3 aromatic rings. The quantitative estimate of drug-likeness (QED) is 0.624. The van der Waals surface area contributed by atoms with Crippen LogP contribution >= 0.6 is 11.6 Å². The topological polar surface area (TPSA) is 66.0 Å². The van der Waals surface area contributed by atoms with Crippen LogP contribution in [0.3, 0.4) is 0 Å². The summed E-state index contributed by atoms with van der Waals surface area (Å²) >= 11 is 6.14. The molecule has 0 unspecified atom stereocenters. The van der Waals surface area contributed by atoms with E-state index in [1.807, 2.05) is 12.1 Å². The van der Waals surface area contributed by atoms with Crippen LogP contribution in [0.15, 0.2) is 60.7 Å². The molecule has 7 heteroatoms. The van der Waals surface area contributed by atoms with Crippen LogP contribution in [0.4, 0.5) is 5.69 Å². The first kappa shape index (κ1) is 19.0. The number of carbonyl (C=O) groups excluding carboxylic acids is 1. The maximum absolute atomic E-state index is 12.7. The van der Waals surface area contributed by atoms with Crippen molar-refractivity contribution in [2.24, 2.45) is 0 Å². The smallest absolute Gasteiger partial charge is 0.255 e. The van der Waals surface area contributed by atoms with E-state index in [1.165, 1.54) is 0 Å². The Morgan fingerprint density at radius 1 is 1.03 bits per heavy atom. The monoisotopic (exact) mass is 411 g/mol. The summed E-state index contributed by atoms with van der Waals surface area (Å²) in [7, 11) is 1.57. The van der Waals surface area contributed by atoms with Crippen molar-refractivity contribution in [3.8, 4) is 23.0 Å². The molecular formula is C22H18ClNO5. The van der Waals surface area contributed by atoms with Crippen molar-refractivity contribution in [3.63, 3.8) is 0 Å². The Kier molecular flexibility index (Phi) is 5.44. The molecule has 0 saturated heterocycles. The van der Waals surface area contributed by atoms with Crippen molar-refractivity contribution in [3.05, 3.63) is 76.8 Å². The van der Waals surface area contributed by atoms with Gasteiger partial charge < -0.3 is 24.3 Å². The molecule has 1 amide bonds. The fourth-order valence-electron chi connectivity index (χ4n) is 2.93. The van der Waals surface area contributed by atoms with Crippen molar-refractivity contribution in [2.45, 2.75) is 6.61 Å². The Morgan fingerprint density at radius 3 is 2.69 bits per heavy atom. The molecule has 1 aliphatic heterocycles. The zero-order chi connectivity index (χ0) is 20.2. The number of benzene rings is 3. The molecule has 0 spiro atoms. The van der Waals surface area contributed by atoms with E-state index in [0.29, 0.717) is 39.3 Å². The number of hydrogen-bond donors (Lipinski definition) is 1. The molecule has 0 fully saturated rings. The molecule has 3 aromatic carbocycles. The van der Waals surface area contributed by atoms with Gasteiger partial charge in [0.2, 0.25) is 6.79 Å². The highest BCUT2D eigenvalue weighted by atomic mass is 35.5. The number of rotatable bonds is 6. The second kappa shape index (κ2) is 8.32. The molecule has 1 aliphatic rings. The minimum Gasteiger partial charge on any atom is -0.496 e. The average molecular weight is 412 g/mol. The van der Waals surface area contributed by atoms with Gasteiger partial charge in [0.15, 0.2) is 11.5 Å². The number of carbonyl (C=O) groups is 1. The summed E-state index contributed by atoms with van der Waals surface area (Å²) in [5.74, 6) is 2.19. The van der Waals surface area contributed by atoms with Gasteiger partial charge in [-0.15, -0.1) is 0 Å². The first-order valence-corrected chi connectivity index (χ1v) is 9.27. The van der Waals surface area contributed by atoms with Gasteiger partial charge >= 0.3 is 0 Å². The lowest BCUT2D eigenvalue weighted by Crippen LogP contribution is -2.13. The minimum absolute atomic E-state index is 0.181. The van der Waals surface area contributed by atoms with E-state index in [4.69, 9.17) is 30.5 Å². The second-order valence-corrected chi connectivity index (χ2v) is 6.68. The van der Waals surface area contributed by atoms with Crippen LogP contribution < -0.4 is 24.3 Å². The van der Waals surface area contributed by atoms with Gasteiger partial charge in [0.25, 0.3) is 5.91 Å². The predicted octanol–water partition coefficient (Wildman–Crippen LogP) is 4.91. The molecule has 0 atom stereocenters. The minimum atomic E-state index is -0.259. The van der Waals surface area contributed by atoms with Crippen LogP contribution in [0.5, 0.6) is 23.0 Å². The summed E-state index contributed by atoms with van der Waals surface area (Å²) < 4.78 is 21.8. The van der Waals surface area contributed by atoms with Crippen molar-refractivity contribution in [1.29, 1.82) is 0 Å². The third-order valence-corrected chi connectivity index (χ3v) is 4.71. The van der Waals surface area contributed by atoms with Crippen LogP contribution in [0, 0.1) is 0 Å². The van der Waals surface area contributed by atoms with Crippen LogP contribution in [-0.4, -0.2) is 19.8 Å². The standard InChI is InChI=1S/C22H18ClNO5/c1-26-18-8-6-14(10-15(18)12-27-19-5-3-2-4-17(19)23)22(25)24-16-7-9-20-21(11-16)29-13-28-20/h2-11H,12-13H2,1H3,(H,24,25). The predicted molar refractivity (Wildman–Crippen MR) is 109 cm³/mol. The van der Waals surface area contributed by atoms with E-state index in [9.17, 15) is 4.79 Å². The summed E-state index contributed by atoms with van der Waals surface area (Å²) in [6.45, 7) is 0.387. The highest BCUT2D eigenvalue weighted by molar-refractivity contribution is 6.32. The van der Waals surface area contributed by atoms with Crippen molar-refractivity contribution >= 4 is 23.2 Å². The van der Waals surface area contributed by atoms with Gasteiger partial charge in [-0.05, 0) is 42.5 Å². The molecule has 0 aromatic heterocycles.